The standard InChI is InChI=1S/C22H24O7/c1-12(2)5-8-18(29-22(27)13-4-3-9-28-11-13)14-10-17(25)19-15(23)6-7-16(24)20(19)21(14)26/h5-7,10,13,18,23-24H,3-4,8-9,11H2,1-2H3/t13?,18-/m1/s1. The maximum absolute atomic E-state index is 13.1. The number of esters is 1. The first-order valence-electron chi connectivity index (χ1n) is 9.56. The van der Waals surface area contributed by atoms with Crippen LogP contribution in [-0.4, -0.2) is 47.1 Å². The molecule has 7 nitrogen and oxygen atoms in total. The molecule has 7 heteroatoms. The van der Waals surface area contributed by atoms with E-state index in [9.17, 15) is 24.6 Å². The molecule has 0 aromatic heterocycles. The summed E-state index contributed by atoms with van der Waals surface area (Å²) in [5, 5.41) is 20.1. The first-order chi connectivity index (χ1) is 13.8. The molecule has 3 rings (SSSR count). The number of carbonyl (C=O) groups is 3. The van der Waals surface area contributed by atoms with Gasteiger partial charge in [0, 0.05) is 18.6 Å². The number of allylic oxidation sites excluding steroid dienone is 2. The Hall–Kier alpha value is -2.93. The first-order valence-corrected chi connectivity index (χ1v) is 9.56. The summed E-state index contributed by atoms with van der Waals surface area (Å²) in [5.41, 5.74) is 0.424. The lowest BCUT2D eigenvalue weighted by atomic mass is 9.85. The maximum atomic E-state index is 13.1. The SMILES string of the molecule is CC(C)=CC[C@@H](OC(=O)C1CCCOC1)C1=CC(=O)c2c(O)ccc(O)c2C1=O. The third-order valence-electron chi connectivity index (χ3n) is 5.02. The van der Waals surface area contributed by atoms with E-state index >= 15 is 0 Å². The summed E-state index contributed by atoms with van der Waals surface area (Å²) in [6.45, 7) is 4.60. The zero-order valence-corrected chi connectivity index (χ0v) is 16.4. The lowest BCUT2D eigenvalue weighted by Crippen LogP contribution is -2.33. The molecule has 154 valence electrons. The van der Waals surface area contributed by atoms with E-state index in [-0.39, 0.29) is 35.5 Å². The van der Waals surface area contributed by atoms with E-state index in [2.05, 4.69) is 0 Å². The summed E-state index contributed by atoms with van der Waals surface area (Å²) in [6, 6.07) is 2.31. The number of hydrogen-bond donors (Lipinski definition) is 2. The Morgan fingerprint density at radius 2 is 1.93 bits per heavy atom. The van der Waals surface area contributed by atoms with Crippen molar-refractivity contribution in [2.45, 2.75) is 39.2 Å². The van der Waals surface area contributed by atoms with Gasteiger partial charge in [-0.15, -0.1) is 0 Å². The molecule has 0 bridgehead atoms. The van der Waals surface area contributed by atoms with Gasteiger partial charge in [-0.25, -0.2) is 0 Å². The van der Waals surface area contributed by atoms with Crippen molar-refractivity contribution >= 4 is 17.5 Å². The number of ether oxygens (including phenoxy) is 2. The van der Waals surface area contributed by atoms with Gasteiger partial charge in [-0.3, -0.25) is 14.4 Å². The average Bonchev–Trinajstić information content (AvgIpc) is 2.70. The second kappa shape index (κ2) is 8.61. The van der Waals surface area contributed by atoms with Gasteiger partial charge in [-0.2, -0.15) is 0 Å². The van der Waals surface area contributed by atoms with E-state index in [1.165, 1.54) is 0 Å². The van der Waals surface area contributed by atoms with Crippen LogP contribution in [0.3, 0.4) is 0 Å². The fourth-order valence-electron chi connectivity index (χ4n) is 3.47. The number of benzene rings is 1. The van der Waals surface area contributed by atoms with E-state index in [0.717, 1.165) is 30.2 Å². The highest BCUT2D eigenvalue weighted by Gasteiger charge is 2.36. The first kappa shape index (κ1) is 20.8. The number of Topliss-reactive ketones (excluding diaryl/α,β-unsaturated/α-hetero) is 1. The number of rotatable bonds is 5. The van der Waals surface area contributed by atoms with Crippen molar-refractivity contribution in [3.63, 3.8) is 0 Å². The summed E-state index contributed by atoms with van der Waals surface area (Å²) in [5.74, 6) is -2.96. The third-order valence-corrected chi connectivity index (χ3v) is 5.02. The normalized spacial score (nSPS) is 19.8. The molecular formula is C22H24O7. The summed E-state index contributed by atoms with van der Waals surface area (Å²) in [6.07, 6.45) is 3.51. The summed E-state index contributed by atoms with van der Waals surface area (Å²) in [7, 11) is 0. The molecule has 2 aliphatic rings. The van der Waals surface area contributed by atoms with Crippen LogP contribution in [0.4, 0.5) is 0 Å². The molecule has 2 atom stereocenters. The average molecular weight is 400 g/mol. The molecule has 0 amide bonds. The monoisotopic (exact) mass is 400 g/mol. The van der Waals surface area contributed by atoms with Gasteiger partial charge in [0.25, 0.3) is 0 Å². The van der Waals surface area contributed by atoms with E-state index < -0.39 is 35.3 Å². The van der Waals surface area contributed by atoms with Crippen LogP contribution in [0, 0.1) is 5.92 Å². The fraction of sp³-hybridized carbons (Fsp3) is 0.409. The molecule has 1 unspecified atom stereocenters. The highest BCUT2D eigenvalue weighted by Crippen LogP contribution is 2.36. The summed E-state index contributed by atoms with van der Waals surface area (Å²) < 4.78 is 11.0. The molecule has 29 heavy (non-hydrogen) atoms. The van der Waals surface area contributed by atoms with Gasteiger partial charge in [0.05, 0.1) is 23.7 Å². The van der Waals surface area contributed by atoms with Crippen molar-refractivity contribution in [1.82, 2.24) is 0 Å². The van der Waals surface area contributed by atoms with Crippen LogP contribution in [0.2, 0.25) is 0 Å². The van der Waals surface area contributed by atoms with Crippen molar-refractivity contribution in [3.8, 4) is 11.5 Å². The minimum Gasteiger partial charge on any atom is -0.507 e. The van der Waals surface area contributed by atoms with Crippen LogP contribution >= 0.6 is 0 Å². The van der Waals surface area contributed by atoms with Gasteiger partial charge in [0.2, 0.25) is 0 Å². The topological polar surface area (TPSA) is 110 Å². The molecular weight excluding hydrogens is 376 g/mol. The maximum Gasteiger partial charge on any atom is 0.311 e. The Morgan fingerprint density at radius 3 is 2.55 bits per heavy atom. The number of carbonyl (C=O) groups excluding carboxylic acids is 3. The van der Waals surface area contributed by atoms with Gasteiger partial charge in [-0.05, 0) is 44.9 Å². The van der Waals surface area contributed by atoms with Crippen molar-refractivity contribution in [2.75, 3.05) is 13.2 Å². The molecule has 1 heterocycles. The molecule has 1 saturated heterocycles. The lowest BCUT2D eigenvalue weighted by Gasteiger charge is -2.26. The molecule has 1 fully saturated rings. The Morgan fingerprint density at radius 1 is 1.24 bits per heavy atom. The van der Waals surface area contributed by atoms with Gasteiger partial charge in [0.15, 0.2) is 11.6 Å². The van der Waals surface area contributed by atoms with Crippen LogP contribution in [0.1, 0.15) is 53.8 Å². The van der Waals surface area contributed by atoms with Gasteiger partial charge in [-0.1, -0.05) is 11.6 Å². The molecule has 1 aromatic rings. The minimum absolute atomic E-state index is 0.0222. The largest absolute Gasteiger partial charge is 0.507 e. The van der Waals surface area contributed by atoms with Crippen LogP contribution < -0.4 is 0 Å². The number of ketones is 2. The summed E-state index contributed by atoms with van der Waals surface area (Å²) in [4.78, 5) is 38.2. The molecule has 0 spiro atoms. The molecule has 2 N–H and O–H groups in total. The number of phenolic OH excluding ortho intramolecular Hbond substituents is 2. The van der Waals surface area contributed by atoms with E-state index in [4.69, 9.17) is 9.47 Å². The van der Waals surface area contributed by atoms with Crippen molar-refractivity contribution < 1.29 is 34.1 Å². The Balaban J connectivity index is 1.94. The zero-order chi connectivity index (χ0) is 21.1. The van der Waals surface area contributed by atoms with Gasteiger partial charge in [0.1, 0.15) is 17.6 Å². The van der Waals surface area contributed by atoms with Crippen LogP contribution in [0.15, 0.2) is 35.4 Å². The Labute approximate surface area is 168 Å². The van der Waals surface area contributed by atoms with E-state index in [1.807, 2.05) is 19.9 Å². The smallest absolute Gasteiger partial charge is 0.311 e. The number of hydrogen-bond acceptors (Lipinski definition) is 7. The minimum atomic E-state index is -0.981. The van der Waals surface area contributed by atoms with Crippen LogP contribution in [0.25, 0.3) is 0 Å². The van der Waals surface area contributed by atoms with Crippen molar-refractivity contribution in [3.05, 3.63) is 46.6 Å². The van der Waals surface area contributed by atoms with Crippen molar-refractivity contribution in [1.29, 1.82) is 0 Å². The highest BCUT2D eigenvalue weighted by atomic mass is 16.5. The van der Waals surface area contributed by atoms with Crippen LogP contribution in [-0.2, 0) is 14.3 Å². The molecule has 1 aliphatic heterocycles. The summed E-state index contributed by atoms with van der Waals surface area (Å²) >= 11 is 0. The van der Waals surface area contributed by atoms with Gasteiger partial charge >= 0.3 is 5.97 Å². The Bertz CT molecular complexity index is 900. The molecule has 0 radical (unpaired) electrons. The number of aromatic hydroxyl groups is 2. The fourth-order valence-corrected chi connectivity index (χ4v) is 3.47. The van der Waals surface area contributed by atoms with E-state index in [0.29, 0.717) is 13.0 Å². The molecule has 0 saturated carbocycles. The lowest BCUT2D eigenvalue weighted by molar-refractivity contribution is -0.156. The molecule has 1 aromatic carbocycles. The second-order valence-corrected chi connectivity index (χ2v) is 7.50. The number of fused-ring (bicyclic) bond motifs is 1. The highest BCUT2D eigenvalue weighted by molar-refractivity contribution is 6.27. The number of phenols is 2. The Kier molecular flexibility index (Phi) is 6.17. The predicted octanol–water partition coefficient (Wildman–Crippen LogP) is 3.10. The van der Waals surface area contributed by atoms with E-state index in [1.54, 1.807) is 0 Å². The van der Waals surface area contributed by atoms with Crippen molar-refractivity contribution in [2.24, 2.45) is 5.92 Å². The second-order valence-electron chi connectivity index (χ2n) is 7.50. The zero-order valence-electron chi connectivity index (χ0n) is 16.4. The molecule has 1 aliphatic carbocycles. The third kappa shape index (κ3) is 4.40. The predicted molar refractivity (Wildman–Crippen MR) is 104 cm³/mol. The quantitative estimate of drug-likeness (QED) is 0.444. The van der Waals surface area contributed by atoms with Gasteiger partial charge < -0.3 is 19.7 Å². The van der Waals surface area contributed by atoms with Crippen LogP contribution in [0.5, 0.6) is 11.5 Å².